The number of ether oxygens (including phenoxy) is 5. The Morgan fingerprint density at radius 3 is 2.65 bits per heavy atom. The minimum Gasteiger partial charge on any atom is -0.493 e. The van der Waals surface area contributed by atoms with Crippen LogP contribution in [0.25, 0.3) is 0 Å². The molecule has 0 radical (unpaired) electrons. The maximum Gasteiger partial charge on any atom is 0.303 e. The number of carbonyl (C=O) groups is 1. The number of likely N-dealkylation sites (N-methyl/N-ethyl adjacent to an activating group) is 1. The van der Waals surface area contributed by atoms with E-state index >= 15 is 0 Å². The van der Waals surface area contributed by atoms with E-state index in [-0.39, 0.29) is 6.79 Å². The number of esters is 1. The van der Waals surface area contributed by atoms with Crippen LogP contribution in [0.1, 0.15) is 41.4 Å². The van der Waals surface area contributed by atoms with Crippen molar-refractivity contribution < 1.29 is 33.6 Å². The maximum atomic E-state index is 12.2. The fourth-order valence-corrected chi connectivity index (χ4v) is 5.31. The van der Waals surface area contributed by atoms with E-state index in [0.29, 0.717) is 40.7 Å². The Labute approximate surface area is 180 Å². The third kappa shape index (κ3) is 2.58. The lowest BCUT2D eigenvalue weighted by atomic mass is 9.75. The molecule has 1 spiro atoms. The molecule has 164 valence electrons. The van der Waals surface area contributed by atoms with E-state index in [9.17, 15) is 9.90 Å². The van der Waals surface area contributed by atoms with Gasteiger partial charge in [0, 0.05) is 19.0 Å². The van der Waals surface area contributed by atoms with Crippen molar-refractivity contribution in [2.24, 2.45) is 0 Å². The predicted molar refractivity (Wildman–Crippen MR) is 110 cm³/mol. The van der Waals surface area contributed by atoms with Gasteiger partial charge in [0.1, 0.15) is 11.6 Å². The van der Waals surface area contributed by atoms with Crippen LogP contribution >= 0.6 is 0 Å². The van der Waals surface area contributed by atoms with Gasteiger partial charge in [-0.15, -0.1) is 0 Å². The second-order valence-electron chi connectivity index (χ2n) is 8.06. The summed E-state index contributed by atoms with van der Waals surface area (Å²) in [5.41, 5.74) is 2.09. The molecule has 1 N–H and O–H groups in total. The number of hydrogen-bond acceptors (Lipinski definition) is 8. The third-order valence-corrected chi connectivity index (χ3v) is 6.66. The molecular weight excluding hydrogens is 402 g/mol. The molecule has 2 aliphatic heterocycles. The summed E-state index contributed by atoms with van der Waals surface area (Å²) in [5, 5.41) is 11.8. The van der Waals surface area contributed by atoms with Crippen molar-refractivity contribution in [3.8, 4) is 23.0 Å². The average molecular weight is 427 g/mol. The largest absolute Gasteiger partial charge is 0.493 e. The lowest BCUT2D eigenvalue weighted by Crippen LogP contribution is -2.54. The summed E-state index contributed by atoms with van der Waals surface area (Å²) < 4.78 is 28.3. The van der Waals surface area contributed by atoms with Crippen LogP contribution in [0, 0.1) is 0 Å². The van der Waals surface area contributed by atoms with Crippen LogP contribution in [-0.4, -0.2) is 50.6 Å². The molecule has 0 fully saturated rings. The van der Waals surface area contributed by atoms with Crippen LogP contribution in [0.2, 0.25) is 0 Å². The van der Waals surface area contributed by atoms with E-state index < -0.39 is 23.7 Å². The molecular formula is C23H25NO7. The van der Waals surface area contributed by atoms with Gasteiger partial charge < -0.3 is 28.8 Å². The summed E-state index contributed by atoms with van der Waals surface area (Å²) in [7, 11) is 5.10. The molecule has 1 aliphatic carbocycles. The van der Waals surface area contributed by atoms with Gasteiger partial charge >= 0.3 is 5.97 Å². The predicted octanol–water partition coefficient (Wildman–Crippen LogP) is 2.47. The highest BCUT2D eigenvalue weighted by molar-refractivity contribution is 5.69. The van der Waals surface area contributed by atoms with Gasteiger partial charge in [-0.05, 0) is 48.4 Å². The van der Waals surface area contributed by atoms with Crippen LogP contribution in [-0.2, 0) is 21.5 Å². The van der Waals surface area contributed by atoms with Crippen LogP contribution in [0.4, 0.5) is 0 Å². The van der Waals surface area contributed by atoms with Crippen molar-refractivity contribution in [1.82, 2.24) is 4.90 Å². The second-order valence-corrected chi connectivity index (χ2v) is 8.06. The third-order valence-electron chi connectivity index (χ3n) is 6.66. The van der Waals surface area contributed by atoms with Crippen molar-refractivity contribution in [2.75, 3.05) is 34.6 Å². The van der Waals surface area contributed by atoms with Gasteiger partial charge in [0.25, 0.3) is 0 Å². The van der Waals surface area contributed by atoms with Gasteiger partial charge in [0.15, 0.2) is 29.1 Å². The fourth-order valence-electron chi connectivity index (χ4n) is 5.31. The van der Waals surface area contributed by atoms with E-state index in [0.717, 1.165) is 17.5 Å². The van der Waals surface area contributed by atoms with E-state index in [2.05, 4.69) is 4.90 Å². The maximum absolute atomic E-state index is 12.2. The van der Waals surface area contributed by atoms with Gasteiger partial charge in [0.05, 0.1) is 14.2 Å². The van der Waals surface area contributed by atoms with Gasteiger partial charge in [0.2, 0.25) is 6.79 Å². The molecule has 3 aliphatic rings. The molecule has 0 saturated heterocycles. The smallest absolute Gasteiger partial charge is 0.303 e. The van der Waals surface area contributed by atoms with E-state index in [1.807, 2.05) is 25.2 Å². The Hall–Kier alpha value is -2.97. The van der Waals surface area contributed by atoms with Crippen molar-refractivity contribution in [2.45, 2.75) is 31.1 Å². The Bertz CT molecular complexity index is 1070. The molecule has 2 heterocycles. The monoisotopic (exact) mass is 427 g/mol. The number of hydrogen-bond donors (Lipinski definition) is 1. The molecule has 0 amide bonds. The van der Waals surface area contributed by atoms with Crippen LogP contribution < -0.4 is 18.9 Å². The standard InChI is InChI=1S/C23H25NO7/c1-12(25)31-22-19-14(5-6-16-20(19)30-11-29-16)21(26)23(22)15-10-18(28-4)17(27-3)9-13(15)7-8-24(23)2/h5-6,9-10,21-22,26H,7-8,11H2,1-4H3/t21-,22+,23+/m0/s1. The number of benzene rings is 2. The minimum atomic E-state index is -1.05. The lowest BCUT2D eigenvalue weighted by molar-refractivity contribution is -0.164. The van der Waals surface area contributed by atoms with Crippen LogP contribution in [0.5, 0.6) is 23.0 Å². The lowest BCUT2D eigenvalue weighted by Gasteiger charge is -2.49. The molecule has 8 nitrogen and oxygen atoms in total. The highest BCUT2D eigenvalue weighted by atomic mass is 16.7. The Morgan fingerprint density at radius 1 is 1.19 bits per heavy atom. The number of fused-ring (bicyclic) bond motifs is 5. The van der Waals surface area contributed by atoms with Gasteiger partial charge in [-0.2, -0.15) is 0 Å². The second kappa shape index (κ2) is 7.03. The molecule has 2 aromatic carbocycles. The Kier molecular flexibility index (Phi) is 4.53. The van der Waals surface area contributed by atoms with Crippen molar-refractivity contribution in [3.63, 3.8) is 0 Å². The molecule has 0 saturated carbocycles. The van der Waals surface area contributed by atoms with Crippen molar-refractivity contribution in [3.05, 3.63) is 46.5 Å². The van der Waals surface area contributed by atoms with Gasteiger partial charge in [-0.1, -0.05) is 6.07 Å². The quantitative estimate of drug-likeness (QED) is 0.748. The molecule has 5 rings (SSSR count). The molecule has 3 atom stereocenters. The summed E-state index contributed by atoms with van der Waals surface area (Å²) in [6, 6.07) is 7.43. The van der Waals surface area contributed by atoms with Gasteiger partial charge in [-0.3, -0.25) is 9.69 Å². The first-order valence-electron chi connectivity index (χ1n) is 10.2. The molecule has 0 aromatic heterocycles. The van der Waals surface area contributed by atoms with E-state index in [4.69, 9.17) is 23.7 Å². The number of methoxy groups -OCH3 is 2. The molecule has 0 bridgehead atoms. The van der Waals surface area contributed by atoms with E-state index in [1.165, 1.54) is 6.92 Å². The first-order valence-corrected chi connectivity index (χ1v) is 10.2. The summed E-state index contributed by atoms with van der Waals surface area (Å²) in [5.74, 6) is 1.81. The number of nitrogens with zero attached hydrogens (tertiary/aromatic N) is 1. The Balaban J connectivity index is 1.81. The number of aliphatic hydroxyl groups excluding tert-OH is 1. The molecule has 31 heavy (non-hydrogen) atoms. The summed E-state index contributed by atoms with van der Waals surface area (Å²) in [6.07, 6.45) is -1.01. The highest BCUT2D eigenvalue weighted by Crippen LogP contribution is 2.63. The van der Waals surface area contributed by atoms with E-state index in [1.54, 1.807) is 20.3 Å². The topological polar surface area (TPSA) is 86.7 Å². The first-order chi connectivity index (χ1) is 14.9. The average Bonchev–Trinajstić information content (AvgIpc) is 3.32. The van der Waals surface area contributed by atoms with Gasteiger partial charge in [-0.25, -0.2) is 0 Å². The first kappa shape index (κ1) is 20.0. The molecule has 2 aromatic rings. The highest BCUT2D eigenvalue weighted by Gasteiger charge is 2.62. The fraction of sp³-hybridized carbons (Fsp3) is 0.435. The minimum absolute atomic E-state index is 0.0825. The zero-order valence-electron chi connectivity index (χ0n) is 17.9. The van der Waals surface area contributed by atoms with Crippen molar-refractivity contribution >= 4 is 5.97 Å². The zero-order valence-corrected chi connectivity index (χ0v) is 17.9. The van der Waals surface area contributed by atoms with Crippen molar-refractivity contribution in [1.29, 1.82) is 0 Å². The number of carbonyl (C=O) groups excluding carboxylic acids is 1. The van der Waals surface area contributed by atoms with Crippen LogP contribution in [0.3, 0.4) is 0 Å². The SMILES string of the molecule is COc1cc2c(cc1OC)[C@@]1([C@H](OC(C)=O)c3c(ccc4c3OCO4)[C@@H]1O)N(C)CC2. The normalized spacial score (nSPS) is 25.8. The number of aliphatic hydroxyl groups is 1. The Morgan fingerprint density at radius 2 is 1.94 bits per heavy atom. The molecule has 0 unspecified atom stereocenters. The summed E-state index contributed by atoms with van der Waals surface area (Å²) in [6.45, 7) is 2.11. The summed E-state index contributed by atoms with van der Waals surface area (Å²) in [4.78, 5) is 14.3. The summed E-state index contributed by atoms with van der Waals surface area (Å²) >= 11 is 0. The zero-order chi connectivity index (χ0) is 21.9. The number of rotatable bonds is 3. The van der Waals surface area contributed by atoms with Crippen LogP contribution in [0.15, 0.2) is 24.3 Å². The molecule has 8 heteroatoms.